The molecule has 17 heteroatoms. The van der Waals surface area contributed by atoms with Crippen LogP contribution in [-0.2, 0) is 26.3 Å². The highest BCUT2D eigenvalue weighted by Gasteiger charge is 2.54. The largest absolute Gasteiger partial charge is 0.477 e. The van der Waals surface area contributed by atoms with Crippen molar-refractivity contribution >= 4 is 63.5 Å². The minimum atomic E-state index is -1.23. The Balaban J connectivity index is 1.49. The van der Waals surface area contributed by atoms with Crippen LogP contribution in [0.4, 0.5) is 5.13 Å². The number of hydrogen-bond acceptors (Lipinski definition) is 13. The van der Waals surface area contributed by atoms with Gasteiger partial charge in [0.2, 0.25) is 5.16 Å². The second-order valence-corrected chi connectivity index (χ2v) is 9.63. The number of fused-ring (bicyclic) bond motifs is 1. The van der Waals surface area contributed by atoms with Crippen molar-refractivity contribution in [1.82, 2.24) is 35.4 Å². The van der Waals surface area contributed by atoms with Gasteiger partial charge >= 0.3 is 5.97 Å². The SMILES string of the molecule is CO/N=C(/C(=O)N[C@@H]1C(=O)N2C(C(=O)O)=C(CSc3nnnn3C)SC[C@H]12)c1csc(N)n1. The first-order valence-electron chi connectivity index (χ1n) is 9.22. The summed E-state index contributed by atoms with van der Waals surface area (Å²) >= 11 is 3.70. The van der Waals surface area contributed by atoms with E-state index in [2.05, 4.69) is 31.0 Å². The molecule has 2 atom stereocenters. The van der Waals surface area contributed by atoms with Gasteiger partial charge in [-0.1, -0.05) is 16.9 Å². The lowest BCUT2D eigenvalue weighted by Crippen LogP contribution is -2.73. The molecule has 4 N–H and O–H groups in total. The number of tetrazole rings is 1. The predicted molar refractivity (Wildman–Crippen MR) is 119 cm³/mol. The number of nitrogen functional groups attached to an aromatic ring is 1. The summed E-state index contributed by atoms with van der Waals surface area (Å²) in [5.74, 6) is -1.74. The summed E-state index contributed by atoms with van der Waals surface area (Å²) in [6.07, 6.45) is 0. The quantitative estimate of drug-likeness (QED) is 0.172. The van der Waals surface area contributed by atoms with Crippen molar-refractivity contribution < 1.29 is 24.3 Å². The molecule has 0 unspecified atom stereocenters. The molecule has 14 nitrogen and oxygen atoms in total. The number of β-lactam (4-membered cyclic amide) rings is 1. The van der Waals surface area contributed by atoms with Crippen LogP contribution < -0.4 is 11.1 Å². The maximum Gasteiger partial charge on any atom is 0.353 e. The summed E-state index contributed by atoms with van der Waals surface area (Å²) in [6.45, 7) is 0. The molecule has 4 heterocycles. The molecule has 0 aliphatic carbocycles. The number of rotatable bonds is 8. The summed E-state index contributed by atoms with van der Waals surface area (Å²) in [5, 5.41) is 29.5. The number of nitrogens with two attached hydrogens (primary N) is 1. The van der Waals surface area contributed by atoms with Crippen LogP contribution in [-0.4, -0.2) is 89.4 Å². The van der Waals surface area contributed by atoms with Crippen molar-refractivity contribution in [1.29, 1.82) is 0 Å². The van der Waals surface area contributed by atoms with Gasteiger partial charge in [0.25, 0.3) is 11.8 Å². The van der Waals surface area contributed by atoms with Crippen molar-refractivity contribution in [2.45, 2.75) is 17.2 Å². The predicted octanol–water partition coefficient (Wildman–Crippen LogP) is -0.870. The minimum Gasteiger partial charge on any atom is -0.477 e. The molecule has 2 aliphatic heterocycles. The molecule has 33 heavy (non-hydrogen) atoms. The van der Waals surface area contributed by atoms with E-state index >= 15 is 0 Å². The first kappa shape index (κ1) is 23.0. The maximum absolute atomic E-state index is 12.9. The number of carbonyl (C=O) groups excluding carboxylic acids is 2. The number of nitrogens with zero attached hydrogens (tertiary/aromatic N) is 7. The topological polar surface area (TPSA) is 191 Å². The molecule has 2 amide bonds. The summed E-state index contributed by atoms with van der Waals surface area (Å²) < 4.78 is 1.47. The molecule has 1 saturated heterocycles. The number of amides is 2. The van der Waals surface area contributed by atoms with Crippen LogP contribution >= 0.6 is 34.9 Å². The second kappa shape index (κ2) is 9.36. The zero-order chi connectivity index (χ0) is 23.7. The van der Waals surface area contributed by atoms with E-state index < -0.39 is 29.9 Å². The number of aliphatic carboxylic acids is 1. The second-order valence-electron chi connectivity index (χ2n) is 6.68. The van der Waals surface area contributed by atoms with Gasteiger partial charge in [0.05, 0.1) is 6.04 Å². The Labute approximate surface area is 198 Å². The van der Waals surface area contributed by atoms with E-state index in [1.807, 2.05) is 0 Å². The van der Waals surface area contributed by atoms with Crippen molar-refractivity contribution in [2.24, 2.45) is 12.2 Å². The van der Waals surface area contributed by atoms with Gasteiger partial charge in [0, 0.05) is 28.8 Å². The molecule has 1 fully saturated rings. The van der Waals surface area contributed by atoms with E-state index in [4.69, 9.17) is 10.6 Å². The van der Waals surface area contributed by atoms with Gasteiger partial charge in [0.15, 0.2) is 10.8 Å². The Hall–Kier alpha value is -3.18. The molecule has 0 radical (unpaired) electrons. The maximum atomic E-state index is 12.9. The zero-order valence-electron chi connectivity index (χ0n) is 17.2. The van der Waals surface area contributed by atoms with Crippen molar-refractivity contribution in [3.8, 4) is 0 Å². The highest BCUT2D eigenvalue weighted by atomic mass is 32.2. The number of thioether (sulfide) groups is 2. The van der Waals surface area contributed by atoms with Gasteiger partial charge in [-0.2, -0.15) is 0 Å². The molecule has 174 valence electrons. The highest BCUT2D eigenvalue weighted by Crippen LogP contribution is 2.40. The van der Waals surface area contributed by atoms with Gasteiger partial charge < -0.3 is 21.0 Å². The Morgan fingerprint density at radius 2 is 2.27 bits per heavy atom. The first-order chi connectivity index (χ1) is 15.8. The molecule has 0 aromatic carbocycles. The molecule has 0 spiro atoms. The Morgan fingerprint density at radius 3 is 2.88 bits per heavy atom. The van der Waals surface area contributed by atoms with Crippen LogP contribution in [0.5, 0.6) is 0 Å². The molecule has 0 saturated carbocycles. The van der Waals surface area contributed by atoms with Crippen LogP contribution in [0, 0.1) is 0 Å². The van der Waals surface area contributed by atoms with E-state index in [0.29, 0.717) is 15.8 Å². The molecular formula is C16H17N9O5S3. The van der Waals surface area contributed by atoms with E-state index in [9.17, 15) is 19.5 Å². The lowest BCUT2D eigenvalue weighted by atomic mass is 9.94. The fourth-order valence-corrected chi connectivity index (χ4v) is 6.05. The smallest absolute Gasteiger partial charge is 0.353 e. The lowest BCUT2D eigenvalue weighted by Gasteiger charge is -2.49. The van der Waals surface area contributed by atoms with Crippen molar-refractivity contribution in [3.05, 3.63) is 21.7 Å². The fourth-order valence-electron chi connectivity index (χ4n) is 3.25. The standard InChI is InChI=1S/C16H17N9O5S3/c1-24-16(20-22-23-24)33-5-8-11(14(28)29)25-7(4-31-8)10(13(25)27)19-12(26)9(21-30-2)6-3-32-15(17)18-6/h3,7,10H,4-5H2,1-2H3,(H2,17,18)(H,19,26)(H,28,29)/b21-9+/t7-,10+/m1/s1. The summed E-state index contributed by atoms with van der Waals surface area (Å²) in [6, 6.07) is -1.43. The number of carboxylic acid groups (broad SMARTS) is 1. The van der Waals surface area contributed by atoms with E-state index in [-0.39, 0.29) is 28.0 Å². The Bertz CT molecular complexity index is 1180. The van der Waals surface area contributed by atoms with E-state index in [1.54, 1.807) is 12.4 Å². The normalized spacial score (nSPS) is 20.4. The average molecular weight is 512 g/mol. The summed E-state index contributed by atoms with van der Waals surface area (Å²) in [5.41, 5.74) is 5.59. The number of oxime groups is 1. The number of anilines is 1. The molecule has 2 aliphatic rings. The number of aryl methyl sites for hydroxylation is 1. The summed E-state index contributed by atoms with van der Waals surface area (Å²) in [4.78, 5) is 48.1. The zero-order valence-corrected chi connectivity index (χ0v) is 19.6. The number of carboxylic acids is 1. The van der Waals surface area contributed by atoms with Gasteiger partial charge in [0.1, 0.15) is 24.5 Å². The first-order valence-corrected chi connectivity index (χ1v) is 12.1. The van der Waals surface area contributed by atoms with Gasteiger partial charge in [-0.05, 0) is 10.4 Å². The van der Waals surface area contributed by atoms with Crippen LogP contribution in [0.3, 0.4) is 0 Å². The number of thiazole rings is 1. The number of carbonyl (C=O) groups is 3. The van der Waals surface area contributed by atoms with Crippen LogP contribution in [0.2, 0.25) is 0 Å². The van der Waals surface area contributed by atoms with E-state index in [1.165, 1.54) is 40.2 Å². The Kier molecular flexibility index (Phi) is 6.52. The van der Waals surface area contributed by atoms with Crippen molar-refractivity contribution in [2.75, 3.05) is 24.3 Å². The molecule has 2 aromatic rings. The van der Waals surface area contributed by atoms with Crippen molar-refractivity contribution in [3.63, 3.8) is 0 Å². The number of nitrogens with one attached hydrogen (secondary N) is 1. The van der Waals surface area contributed by atoms with Gasteiger partial charge in [-0.25, -0.2) is 14.5 Å². The third kappa shape index (κ3) is 4.38. The van der Waals surface area contributed by atoms with E-state index in [0.717, 1.165) is 11.3 Å². The fraction of sp³-hybridized carbons (Fsp3) is 0.375. The third-order valence-electron chi connectivity index (χ3n) is 4.72. The molecule has 0 bridgehead atoms. The molecule has 2 aromatic heterocycles. The number of aromatic nitrogens is 5. The Morgan fingerprint density at radius 1 is 1.48 bits per heavy atom. The molecular weight excluding hydrogens is 494 g/mol. The van der Waals surface area contributed by atoms with Crippen LogP contribution in [0.15, 0.2) is 26.3 Å². The van der Waals surface area contributed by atoms with Gasteiger partial charge in [-0.15, -0.1) is 28.2 Å². The lowest BCUT2D eigenvalue weighted by molar-refractivity contribution is -0.153. The highest BCUT2D eigenvalue weighted by molar-refractivity contribution is 8.06. The van der Waals surface area contributed by atoms with Crippen LogP contribution in [0.25, 0.3) is 0 Å². The van der Waals surface area contributed by atoms with Crippen LogP contribution in [0.1, 0.15) is 5.69 Å². The minimum absolute atomic E-state index is 0.104. The monoisotopic (exact) mass is 511 g/mol. The average Bonchev–Trinajstić information content (AvgIpc) is 3.40. The third-order valence-corrected chi connectivity index (χ3v) is 7.81. The summed E-state index contributed by atoms with van der Waals surface area (Å²) in [7, 11) is 2.95. The van der Waals surface area contributed by atoms with Gasteiger partial charge in [-0.3, -0.25) is 14.5 Å². The molecule has 4 rings (SSSR count). The number of hydrogen-bond donors (Lipinski definition) is 3.